The maximum Gasteiger partial charge on any atom is 0.219 e. The molecule has 25 heavy (non-hydrogen) atoms. The standard InChI is InChI=1S/C19H19ClN4O/c1-13(25)23-8-10-24(11-9-23)16-5-2-14(3-6-16)19-21-17-7-4-15(20)12-18(17)22-19/h2-7,12H,8-11H2,1H3,(H,21,22). The molecule has 4 rings (SSSR count). The second-order valence-electron chi connectivity index (χ2n) is 6.29. The molecule has 6 heteroatoms. The quantitative estimate of drug-likeness (QED) is 0.765. The Morgan fingerprint density at radius 1 is 1.08 bits per heavy atom. The van der Waals surface area contributed by atoms with Crippen LogP contribution in [-0.2, 0) is 4.79 Å². The number of fused-ring (bicyclic) bond motifs is 1. The first-order valence-electron chi connectivity index (χ1n) is 8.36. The summed E-state index contributed by atoms with van der Waals surface area (Å²) in [4.78, 5) is 23.6. The van der Waals surface area contributed by atoms with Crippen LogP contribution >= 0.6 is 11.6 Å². The number of amides is 1. The number of H-pyrrole nitrogens is 1. The fraction of sp³-hybridized carbons (Fsp3) is 0.263. The van der Waals surface area contributed by atoms with Crippen LogP contribution in [0, 0.1) is 0 Å². The monoisotopic (exact) mass is 354 g/mol. The summed E-state index contributed by atoms with van der Waals surface area (Å²) < 4.78 is 0. The molecule has 1 aromatic heterocycles. The number of nitrogens with one attached hydrogen (secondary N) is 1. The first kappa shape index (κ1) is 16.0. The number of aromatic amines is 1. The number of imidazole rings is 1. The highest BCUT2D eigenvalue weighted by Gasteiger charge is 2.18. The molecule has 0 aliphatic carbocycles. The molecular weight excluding hydrogens is 336 g/mol. The van der Waals surface area contributed by atoms with E-state index in [0.29, 0.717) is 5.02 Å². The van der Waals surface area contributed by atoms with Gasteiger partial charge < -0.3 is 14.8 Å². The highest BCUT2D eigenvalue weighted by Crippen LogP contribution is 2.25. The second kappa shape index (κ2) is 6.41. The maximum atomic E-state index is 11.4. The predicted molar refractivity (Wildman–Crippen MR) is 101 cm³/mol. The van der Waals surface area contributed by atoms with Crippen molar-refractivity contribution >= 4 is 34.2 Å². The van der Waals surface area contributed by atoms with Gasteiger partial charge in [-0.1, -0.05) is 11.6 Å². The minimum absolute atomic E-state index is 0.153. The minimum atomic E-state index is 0.153. The molecule has 0 spiro atoms. The van der Waals surface area contributed by atoms with E-state index in [2.05, 4.69) is 39.1 Å². The molecule has 0 radical (unpaired) electrons. The van der Waals surface area contributed by atoms with Crippen molar-refractivity contribution in [3.8, 4) is 11.4 Å². The summed E-state index contributed by atoms with van der Waals surface area (Å²) in [6.07, 6.45) is 0. The number of aromatic nitrogens is 2. The van der Waals surface area contributed by atoms with Crippen molar-refractivity contribution in [1.82, 2.24) is 14.9 Å². The molecule has 1 aliphatic heterocycles. The summed E-state index contributed by atoms with van der Waals surface area (Å²) in [5.41, 5.74) is 4.06. The molecule has 2 aromatic carbocycles. The molecule has 2 heterocycles. The number of halogens is 1. The van der Waals surface area contributed by atoms with Crippen LogP contribution in [0.5, 0.6) is 0 Å². The number of carbonyl (C=O) groups is 1. The lowest BCUT2D eigenvalue weighted by Gasteiger charge is -2.35. The van der Waals surface area contributed by atoms with Crippen molar-refractivity contribution in [3.05, 3.63) is 47.5 Å². The number of hydrogen-bond acceptors (Lipinski definition) is 3. The third-order valence-electron chi connectivity index (χ3n) is 4.67. The van der Waals surface area contributed by atoms with Gasteiger partial charge in [-0.2, -0.15) is 0 Å². The minimum Gasteiger partial charge on any atom is -0.368 e. The highest BCUT2D eigenvalue weighted by molar-refractivity contribution is 6.31. The zero-order valence-corrected chi connectivity index (χ0v) is 14.8. The molecule has 1 fully saturated rings. The van der Waals surface area contributed by atoms with Crippen molar-refractivity contribution in [3.63, 3.8) is 0 Å². The first-order valence-corrected chi connectivity index (χ1v) is 8.74. The molecule has 128 valence electrons. The van der Waals surface area contributed by atoms with Crippen LogP contribution in [0.3, 0.4) is 0 Å². The van der Waals surface area contributed by atoms with Gasteiger partial charge in [-0.3, -0.25) is 4.79 Å². The van der Waals surface area contributed by atoms with Gasteiger partial charge in [0.05, 0.1) is 11.0 Å². The van der Waals surface area contributed by atoms with E-state index in [1.165, 1.54) is 5.69 Å². The van der Waals surface area contributed by atoms with E-state index >= 15 is 0 Å². The topological polar surface area (TPSA) is 52.2 Å². The molecule has 0 bridgehead atoms. The summed E-state index contributed by atoms with van der Waals surface area (Å²) >= 11 is 6.03. The summed E-state index contributed by atoms with van der Waals surface area (Å²) in [5.74, 6) is 0.991. The van der Waals surface area contributed by atoms with E-state index in [0.717, 1.165) is 48.6 Å². The van der Waals surface area contributed by atoms with Crippen molar-refractivity contribution in [2.45, 2.75) is 6.92 Å². The molecule has 1 saturated heterocycles. The molecule has 1 amide bonds. The van der Waals surface area contributed by atoms with E-state index < -0.39 is 0 Å². The average molecular weight is 355 g/mol. The third kappa shape index (κ3) is 3.20. The smallest absolute Gasteiger partial charge is 0.219 e. The number of piperazine rings is 1. The van der Waals surface area contributed by atoms with Crippen molar-refractivity contribution in [2.75, 3.05) is 31.1 Å². The number of rotatable bonds is 2. The number of carbonyl (C=O) groups excluding carboxylic acids is 1. The number of hydrogen-bond donors (Lipinski definition) is 1. The van der Waals surface area contributed by atoms with Crippen LogP contribution in [0.15, 0.2) is 42.5 Å². The summed E-state index contributed by atoms with van der Waals surface area (Å²) in [6.45, 7) is 4.91. The van der Waals surface area contributed by atoms with Gasteiger partial charge >= 0.3 is 0 Å². The van der Waals surface area contributed by atoms with E-state index in [1.807, 2.05) is 23.1 Å². The molecule has 3 aromatic rings. The molecule has 0 atom stereocenters. The van der Waals surface area contributed by atoms with Gasteiger partial charge in [0.1, 0.15) is 5.82 Å². The number of benzene rings is 2. The molecular formula is C19H19ClN4O. The average Bonchev–Trinajstić information content (AvgIpc) is 3.05. The molecule has 1 N–H and O–H groups in total. The lowest BCUT2D eigenvalue weighted by Crippen LogP contribution is -2.48. The summed E-state index contributed by atoms with van der Waals surface area (Å²) in [7, 11) is 0. The Labute approximate surface area is 151 Å². The zero-order valence-electron chi connectivity index (χ0n) is 14.0. The van der Waals surface area contributed by atoms with Gasteiger partial charge in [0.25, 0.3) is 0 Å². The van der Waals surface area contributed by atoms with Crippen LogP contribution in [-0.4, -0.2) is 47.0 Å². The Balaban J connectivity index is 1.52. The molecule has 5 nitrogen and oxygen atoms in total. The second-order valence-corrected chi connectivity index (χ2v) is 6.72. The van der Waals surface area contributed by atoms with E-state index in [-0.39, 0.29) is 5.91 Å². The third-order valence-corrected chi connectivity index (χ3v) is 4.91. The zero-order chi connectivity index (χ0) is 17.4. The summed E-state index contributed by atoms with van der Waals surface area (Å²) in [5, 5.41) is 0.697. The van der Waals surface area contributed by atoms with Crippen LogP contribution in [0.1, 0.15) is 6.92 Å². The highest BCUT2D eigenvalue weighted by atomic mass is 35.5. The normalized spacial score (nSPS) is 15.0. The van der Waals surface area contributed by atoms with Gasteiger partial charge in [0, 0.05) is 49.4 Å². The van der Waals surface area contributed by atoms with Gasteiger partial charge in [-0.15, -0.1) is 0 Å². The van der Waals surface area contributed by atoms with E-state index in [9.17, 15) is 4.79 Å². The number of nitrogens with zero attached hydrogens (tertiary/aromatic N) is 3. The Bertz CT molecular complexity index is 911. The Hall–Kier alpha value is -2.53. The first-order chi connectivity index (χ1) is 12.1. The van der Waals surface area contributed by atoms with Crippen molar-refractivity contribution in [2.24, 2.45) is 0 Å². The van der Waals surface area contributed by atoms with Gasteiger partial charge in [-0.05, 0) is 42.5 Å². The van der Waals surface area contributed by atoms with Crippen LogP contribution < -0.4 is 4.90 Å². The van der Waals surface area contributed by atoms with Crippen LogP contribution in [0.25, 0.3) is 22.4 Å². The lowest BCUT2D eigenvalue weighted by atomic mass is 10.1. The lowest BCUT2D eigenvalue weighted by molar-refractivity contribution is -0.129. The fourth-order valence-electron chi connectivity index (χ4n) is 3.23. The van der Waals surface area contributed by atoms with E-state index in [1.54, 1.807) is 6.92 Å². The largest absolute Gasteiger partial charge is 0.368 e. The van der Waals surface area contributed by atoms with Gasteiger partial charge in [0.2, 0.25) is 5.91 Å². The van der Waals surface area contributed by atoms with Crippen LogP contribution in [0.4, 0.5) is 5.69 Å². The predicted octanol–water partition coefficient (Wildman–Crippen LogP) is 3.55. The SMILES string of the molecule is CC(=O)N1CCN(c2ccc(-c3nc4ccc(Cl)cc4[nH]3)cc2)CC1. The van der Waals surface area contributed by atoms with Gasteiger partial charge in [-0.25, -0.2) is 4.98 Å². The van der Waals surface area contributed by atoms with Crippen molar-refractivity contribution in [1.29, 1.82) is 0 Å². The molecule has 1 aliphatic rings. The molecule has 0 saturated carbocycles. The Morgan fingerprint density at radius 3 is 2.48 bits per heavy atom. The van der Waals surface area contributed by atoms with Gasteiger partial charge in [0.15, 0.2) is 0 Å². The van der Waals surface area contributed by atoms with Crippen LogP contribution in [0.2, 0.25) is 5.02 Å². The fourth-order valence-corrected chi connectivity index (χ4v) is 3.40. The molecule has 0 unspecified atom stereocenters. The Morgan fingerprint density at radius 2 is 1.80 bits per heavy atom. The maximum absolute atomic E-state index is 11.4. The summed E-state index contributed by atoms with van der Waals surface area (Å²) in [6, 6.07) is 14.0. The number of anilines is 1. The Kier molecular flexibility index (Phi) is 4.09. The van der Waals surface area contributed by atoms with Crippen molar-refractivity contribution < 1.29 is 4.79 Å². The van der Waals surface area contributed by atoms with E-state index in [4.69, 9.17) is 11.6 Å².